The van der Waals surface area contributed by atoms with Gasteiger partial charge in [-0.05, 0) is 26.8 Å². The lowest BCUT2D eigenvalue weighted by molar-refractivity contribution is -0.129. The van der Waals surface area contributed by atoms with Gasteiger partial charge in [-0.3, -0.25) is 10.1 Å². The number of carbonyl (C=O) groups is 1. The van der Waals surface area contributed by atoms with Crippen LogP contribution in [0.5, 0.6) is 0 Å². The smallest absolute Gasteiger partial charge is 0.241 e. The first kappa shape index (κ1) is 13.5. The van der Waals surface area contributed by atoms with Crippen molar-refractivity contribution in [1.29, 1.82) is 0 Å². The Kier molecular flexibility index (Phi) is 4.74. The number of nitrogens with zero attached hydrogens (tertiary/aromatic N) is 2. The first-order chi connectivity index (χ1) is 7.43. The fraction of sp³-hybridized carbons (Fsp3) is 0.917. The van der Waals surface area contributed by atoms with Crippen molar-refractivity contribution in [1.82, 2.24) is 15.1 Å². The molecular formula is C12H25N3O. The molecule has 0 radical (unpaired) electrons. The third-order valence-corrected chi connectivity index (χ3v) is 3.35. The lowest BCUT2D eigenvalue weighted by atomic mass is 10.1. The zero-order valence-corrected chi connectivity index (χ0v) is 11.2. The van der Waals surface area contributed by atoms with Crippen LogP contribution in [0, 0.1) is 5.92 Å². The summed E-state index contributed by atoms with van der Waals surface area (Å²) in [6, 6.07) is 0.552. The highest BCUT2D eigenvalue weighted by atomic mass is 16.2. The number of carbonyl (C=O) groups excluding carboxylic acids is 1. The molecule has 1 fully saturated rings. The molecule has 1 aliphatic heterocycles. The molecule has 1 aliphatic rings. The zero-order chi connectivity index (χ0) is 12.3. The molecule has 0 aliphatic carbocycles. The second kappa shape index (κ2) is 5.64. The van der Waals surface area contributed by atoms with Crippen molar-refractivity contribution >= 4 is 5.91 Å². The first-order valence-electron chi connectivity index (χ1n) is 6.16. The molecule has 0 aromatic rings. The van der Waals surface area contributed by atoms with E-state index in [1.54, 1.807) is 0 Å². The number of likely N-dealkylation sites (N-methyl/N-ethyl adjacent to an activating group) is 1. The van der Waals surface area contributed by atoms with Crippen LogP contribution in [0.2, 0.25) is 0 Å². The summed E-state index contributed by atoms with van der Waals surface area (Å²) in [6.07, 6.45) is 0. The van der Waals surface area contributed by atoms with Gasteiger partial charge in [0.2, 0.25) is 5.91 Å². The van der Waals surface area contributed by atoms with E-state index in [2.05, 4.69) is 45.0 Å². The van der Waals surface area contributed by atoms with Crippen LogP contribution >= 0.6 is 0 Å². The standard InChI is InChI=1S/C12H25N3O/c1-9(2)11-12(16)15(8-13-11)7-6-14(5)10(3)4/h9-11,13H,6-8H2,1-5H3. The Morgan fingerprint density at radius 2 is 2.06 bits per heavy atom. The highest BCUT2D eigenvalue weighted by molar-refractivity contribution is 5.84. The molecule has 1 rings (SSSR count). The molecule has 4 heteroatoms. The number of hydrogen-bond acceptors (Lipinski definition) is 3. The van der Waals surface area contributed by atoms with Crippen molar-refractivity contribution in [3.63, 3.8) is 0 Å². The molecular weight excluding hydrogens is 202 g/mol. The Morgan fingerprint density at radius 1 is 1.44 bits per heavy atom. The largest absolute Gasteiger partial charge is 0.327 e. The first-order valence-corrected chi connectivity index (χ1v) is 6.16. The van der Waals surface area contributed by atoms with E-state index < -0.39 is 0 Å². The summed E-state index contributed by atoms with van der Waals surface area (Å²) in [5, 5.41) is 3.27. The molecule has 0 aromatic heterocycles. The molecule has 1 atom stereocenters. The lowest BCUT2D eigenvalue weighted by Gasteiger charge is -2.24. The molecule has 0 aromatic carbocycles. The van der Waals surface area contributed by atoms with Gasteiger partial charge in [0.25, 0.3) is 0 Å². The molecule has 16 heavy (non-hydrogen) atoms. The highest BCUT2D eigenvalue weighted by Crippen LogP contribution is 2.11. The van der Waals surface area contributed by atoms with Gasteiger partial charge in [0.15, 0.2) is 0 Å². The summed E-state index contributed by atoms with van der Waals surface area (Å²) in [7, 11) is 2.10. The Balaban J connectivity index is 2.38. The normalized spacial score (nSPS) is 21.9. The molecule has 1 unspecified atom stereocenters. The Morgan fingerprint density at radius 3 is 2.50 bits per heavy atom. The van der Waals surface area contributed by atoms with E-state index in [1.807, 2.05) is 4.90 Å². The van der Waals surface area contributed by atoms with Crippen LogP contribution in [0.4, 0.5) is 0 Å². The van der Waals surface area contributed by atoms with Gasteiger partial charge in [-0.25, -0.2) is 0 Å². The summed E-state index contributed by atoms with van der Waals surface area (Å²) in [5.41, 5.74) is 0. The maximum absolute atomic E-state index is 12.0. The fourth-order valence-electron chi connectivity index (χ4n) is 1.82. The van der Waals surface area contributed by atoms with E-state index in [-0.39, 0.29) is 11.9 Å². The fourth-order valence-corrected chi connectivity index (χ4v) is 1.82. The Bertz CT molecular complexity index is 240. The summed E-state index contributed by atoms with van der Waals surface area (Å²) < 4.78 is 0. The summed E-state index contributed by atoms with van der Waals surface area (Å²) in [4.78, 5) is 16.2. The average Bonchev–Trinajstić information content (AvgIpc) is 2.56. The van der Waals surface area contributed by atoms with Crippen molar-refractivity contribution in [2.24, 2.45) is 5.92 Å². The minimum Gasteiger partial charge on any atom is -0.327 e. The van der Waals surface area contributed by atoms with E-state index in [9.17, 15) is 4.79 Å². The van der Waals surface area contributed by atoms with E-state index in [4.69, 9.17) is 0 Å². The van der Waals surface area contributed by atoms with Crippen molar-refractivity contribution in [2.75, 3.05) is 26.8 Å². The van der Waals surface area contributed by atoms with Crippen molar-refractivity contribution in [2.45, 2.75) is 39.8 Å². The third-order valence-electron chi connectivity index (χ3n) is 3.35. The van der Waals surface area contributed by atoms with Gasteiger partial charge in [-0.2, -0.15) is 0 Å². The predicted octanol–water partition coefficient (Wildman–Crippen LogP) is 0.740. The molecule has 1 heterocycles. The van der Waals surface area contributed by atoms with Crippen LogP contribution in [-0.2, 0) is 4.79 Å². The number of nitrogens with one attached hydrogen (secondary N) is 1. The highest BCUT2D eigenvalue weighted by Gasteiger charge is 2.32. The second-order valence-corrected chi connectivity index (χ2v) is 5.26. The number of amides is 1. The zero-order valence-electron chi connectivity index (χ0n) is 11.2. The van der Waals surface area contributed by atoms with E-state index >= 15 is 0 Å². The quantitative estimate of drug-likeness (QED) is 0.752. The van der Waals surface area contributed by atoms with Gasteiger partial charge in [-0.1, -0.05) is 13.8 Å². The summed E-state index contributed by atoms with van der Waals surface area (Å²) in [5.74, 6) is 0.632. The van der Waals surface area contributed by atoms with Crippen LogP contribution in [0.1, 0.15) is 27.7 Å². The van der Waals surface area contributed by atoms with Crippen molar-refractivity contribution in [3.05, 3.63) is 0 Å². The molecule has 0 saturated carbocycles. The average molecular weight is 227 g/mol. The minimum atomic E-state index is 0.0179. The Hall–Kier alpha value is -0.610. The van der Waals surface area contributed by atoms with E-state index in [0.29, 0.717) is 18.6 Å². The third kappa shape index (κ3) is 3.19. The lowest BCUT2D eigenvalue weighted by Crippen LogP contribution is -2.39. The number of hydrogen-bond donors (Lipinski definition) is 1. The van der Waals surface area contributed by atoms with Gasteiger partial charge in [-0.15, -0.1) is 0 Å². The van der Waals surface area contributed by atoms with E-state index in [0.717, 1.165) is 13.1 Å². The maximum Gasteiger partial charge on any atom is 0.241 e. The van der Waals surface area contributed by atoms with Crippen LogP contribution in [-0.4, -0.2) is 54.6 Å². The van der Waals surface area contributed by atoms with Crippen molar-refractivity contribution < 1.29 is 4.79 Å². The van der Waals surface area contributed by atoms with Crippen molar-refractivity contribution in [3.8, 4) is 0 Å². The second-order valence-electron chi connectivity index (χ2n) is 5.26. The molecule has 0 bridgehead atoms. The van der Waals surface area contributed by atoms with Crippen LogP contribution in [0.3, 0.4) is 0 Å². The van der Waals surface area contributed by atoms with Crippen LogP contribution in [0.25, 0.3) is 0 Å². The number of rotatable bonds is 5. The maximum atomic E-state index is 12.0. The topological polar surface area (TPSA) is 35.6 Å². The van der Waals surface area contributed by atoms with Crippen LogP contribution < -0.4 is 5.32 Å². The van der Waals surface area contributed by atoms with E-state index in [1.165, 1.54) is 0 Å². The molecule has 1 saturated heterocycles. The summed E-state index contributed by atoms with van der Waals surface area (Å²) in [6.45, 7) is 11.0. The molecule has 1 amide bonds. The molecule has 0 spiro atoms. The SMILES string of the molecule is CC(C)C1NCN(CCN(C)C(C)C)C1=O. The van der Waals surface area contributed by atoms with Gasteiger partial charge < -0.3 is 9.80 Å². The monoisotopic (exact) mass is 227 g/mol. The predicted molar refractivity (Wildman–Crippen MR) is 66.1 cm³/mol. The van der Waals surface area contributed by atoms with Gasteiger partial charge in [0.1, 0.15) is 0 Å². The minimum absolute atomic E-state index is 0.0179. The van der Waals surface area contributed by atoms with Gasteiger partial charge in [0.05, 0.1) is 12.7 Å². The molecule has 94 valence electrons. The summed E-state index contributed by atoms with van der Waals surface area (Å²) >= 11 is 0. The van der Waals surface area contributed by atoms with Crippen LogP contribution in [0.15, 0.2) is 0 Å². The molecule has 1 N–H and O–H groups in total. The Labute approximate surface area is 99.0 Å². The van der Waals surface area contributed by atoms with Gasteiger partial charge in [0, 0.05) is 19.1 Å². The molecule has 4 nitrogen and oxygen atoms in total. The van der Waals surface area contributed by atoms with Gasteiger partial charge >= 0.3 is 0 Å².